The van der Waals surface area contributed by atoms with Crippen molar-refractivity contribution in [3.8, 4) is 0 Å². The van der Waals surface area contributed by atoms with E-state index in [1.54, 1.807) is 6.92 Å². The molecule has 1 atom stereocenters. The number of methoxy groups -OCH3 is 1. The van der Waals surface area contributed by atoms with Crippen molar-refractivity contribution in [1.29, 1.82) is 0 Å². The molecular weight excluding hydrogens is 252 g/mol. The first-order chi connectivity index (χ1) is 8.60. The van der Waals surface area contributed by atoms with Crippen LogP contribution in [0.1, 0.15) is 6.92 Å². The lowest BCUT2D eigenvalue weighted by molar-refractivity contribution is -0.141. The first-order valence-electron chi connectivity index (χ1n) is 5.51. The van der Waals surface area contributed by atoms with Gasteiger partial charge in [-0.1, -0.05) is 0 Å². The molecule has 0 aliphatic carbocycles. The molecule has 5 nitrogen and oxygen atoms in total. The minimum atomic E-state index is -0.431. The molecule has 1 unspecified atom stereocenters. The van der Waals surface area contributed by atoms with Gasteiger partial charge in [0, 0.05) is 10.6 Å². The summed E-state index contributed by atoms with van der Waals surface area (Å²) in [5, 5.41) is 5.82. The molecule has 0 aromatic heterocycles. The van der Waals surface area contributed by atoms with Gasteiger partial charge in [-0.25, -0.2) is 4.79 Å². The summed E-state index contributed by atoms with van der Waals surface area (Å²) in [6, 6.07) is 5.19. The number of benzene rings is 1. The van der Waals surface area contributed by atoms with Crippen molar-refractivity contribution in [3.05, 3.63) is 18.2 Å². The average Bonchev–Trinajstić information content (AvgIpc) is 2.37. The van der Waals surface area contributed by atoms with Gasteiger partial charge in [-0.15, -0.1) is 11.8 Å². The molecule has 0 spiro atoms. The number of carbonyl (C=O) groups excluding carboxylic acids is 2. The fraction of sp³-hybridized carbons (Fsp3) is 0.333. The number of anilines is 2. The minimum Gasteiger partial charge on any atom is -0.467 e. The largest absolute Gasteiger partial charge is 0.467 e. The quantitative estimate of drug-likeness (QED) is 0.815. The fourth-order valence-corrected chi connectivity index (χ4v) is 2.45. The van der Waals surface area contributed by atoms with Crippen molar-refractivity contribution in [2.24, 2.45) is 0 Å². The zero-order valence-electron chi connectivity index (χ0n) is 10.1. The predicted octanol–water partition coefficient (Wildman–Crippen LogP) is 1.70. The highest BCUT2D eigenvalue weighted by Gasteiger charge is 2.17. The number of nitrogens with one attached hydrogen (secondary N) is 2. The molecule has 0 bridgehead atoms. The highest BCUT2D eigenvalue weighted by molar-refractivity contribution is 8.00. The van der Waals surface area contributed by atoms with Gasteiger partial charge in [0.2, 0.25) is 5.91 Å². The first-order valence-corrected chi connectivity index (χ1v) is 6.50. The Bertz CT molecular complexity index is 490. The number of thioether (sulfide) groups is 1. The van der Waals surface area contributed by atoms with Gasteiger partial charge in [-0.2, -0.15) is 0 Å². The molecule has 0 radical (unpaired) electrons. The molecule has 1 aliphatic rings. The second kappa shape index (κ2) is 5.30. The Balaban J connectivity index is 2.13. The van der Waals surface area contributed by atoms with Crippen LogP contribution in [0.3, 0.4) is 0 Å². The van der Waals surface area contributed by atoms with Gasteiger partial charge in [0.25, 0.3) is 0 Å². The van der Waals surface area contributed by atoms with Gasteiger partial charge >= 0.3 is 5.97 Å². The molecule has 96 valence electrons. The highest BCUT2D eigenvalue weighted by Crippen LogP contribution is 2.33. The molecule has 0 saturated heterocycles. The Morgan fingerprint density at radius 2 is 2.33 bits per heavy atom. The summed E-state index contributed by atoms with van der Waals surface area (Å²) >= 11 is 1.50. The van der Waals surface area contributed by atoms with Crippen LogP contribution in [-0.4, -0.2) is 30.8 Å². The molecule has 2 rings (SSSR count). The van der Waals surface area contributed by atoms with E-state index in [2.05, 4.69) is 15.4 Å². The summed E-state index contributed by atoms with van der Waals surface area (Å²) in [6.07, 6.45) is 0. The van der Waals surface area contributed by atoms with Crippen LogP contribution in [0, 0.1) is 0 Å². The van der Waals surface area contributed by atoms with E-state index in [0.29, 0.717) is 5.75 Å². The Hall–Kier alpha value is -1.69. The standard InChI is InChI=1S/C12H14N2O3S/c1-7(12(16)17-2)13-8-3-4-10-9(5-8)14-11(15)6-18-10/h3-5,7,13H,6H2,1-2H3,(H,14,15). The third-order valence-electron chi connectivity index (χ3n) is 2.55. The number of amides is 1. The Kier molecular flexibility index (Phi) is 3.76. The average molecular weight is 266 g/mol. The van der Waals surface area contributed by atoms with Gasteiger partial charge in [0.1, 0.15) is 6.04 Å². The maximum atomic E-state index is 11.3. The first kappa shape index (κ1) is 12.8. The SMILES string of the molecule is COC(=O)C(C)Nc1ccc2c(c1)NC(=O)CS2. The number of carbonyl (C=O) groups is 2. The predicted molar refractivity (Wildman–Crippen MR) is 70.9 cm³/mol. The van der Waals surface area contributed by atoms with E-state index in [-0.39, 0.29) is 11.9 Å². The summed E-state index contributed by atoms with van der Waals surface area (Å²) in [5.74, 6) is 0.106. The van der Waals surface area contributed by atoms with E-state index in [0.717, 1.165) is 16.3 Å². The zero-order chi connectivity index (χ0) is 13.1. The summed E-state index contributed by atoms with van der Waals surface area (Å²) in [4.78, 5) is 23.6. The van der Waals surface area contributed by atoms with Crippen LogP contribution in [0.15, 0.2) is 23.1 Å². The van der Waals surface area contributed by atoms with Crippen LogP contribution in [0.25, 0.3) is 0 Å². The van der Waals surface area contributed by atoms with Crippen molar-refractivity contribution in [2.45, 2.75) is 17.9 Å². The third kappa shape index (κ3) is 2.76. The number of ether oxygens (including phenoxy) is 1. The molecule has 18 heavy (non-hydrogen) atoms. The van der Waals surface area contributed by atoms with Crippen LogP contribution in [0.2, 0.25) is 0 Å². The van der Waals surface area contributed by atoms with Crippen molar-refractivity contribution < 1.29 is 14.3 Å². The lowest BCUT2D eigenvalue weighted by Gasteiger charge is -2.19. The van der Waals surface area contributed by atoms with Gasteiger partial charge < -0.3 is 15.4 Å². The molecule has 0 fully saturated rings. The zero-order valence-corrected chi connectivity index (χ0v) is 11.0. The number of esters is 1. The molecule has 0 saturated carbocycles. The van der Waals surface area contributed by atoms with Crippen LogP contribution >= 0.6 is 11.8 Å². The smallest absolute Gasteiger partial charge is 0.327 e. The summed E-state index contributed by atoms with van der Waals surface area (Å²) < 4.78 is 4.64. The second-order valence-electron chi connectivity index (χ2n) is 3.94. The van der Waals surface area contributed by atoms with Crippen LogP contribution in [0.4, 0.5) is 11.4 Å². The molecule has 2 N–H and O–H groups in total. The molecule has 1 heterocycles. The topological polar surface area (TPSA) is 67.4 Å². The Morgan fingerprint density at radius 3 is 3.06 bits per heavy atom. The number of rotatable bonds is 3. The fourth-order valence-electron chi connectivity index (χ4n) is 1.66. The van der Waals surface area contributed by atoms with E-state index >= 15 is 0 Å². The second-order valence-corrected chi connectivity index (χ2v) is 4.95. The summed E-state index contributed by atoms with van der Waals surface area (Å²) in [5.41, 5.74) is 1.55. The molecule has 1 aromatic carbocycles. The molecule has 1 amide bonds. The van der Waals surface area contributed by atoms with Gasteiger partial charge in [0.05, 0.1) is 18.6 Å². The van der Waals surface area contributed by atoms with E-state index in [1.165, 1.54) is 18.9 Å². The van der Waals surface area contributed by atoms with E-state index in [1.807, 2.05) is 18.2 Å². The normalized spacial score (nSPS) is 15.3. The lowest BCUT2D eigenvalue weighted by atomic mass is 10.2. The van der Waals surface area contributed by atoms with E-state index in [4.69, 9.17) is 0 Å². The van der Waals surface area contributed by atoms with E-state index in [9.17, 15) is 9.59 Å². The van der Waals surface area contributed by atoms with Gasteiger partial charge in [-0.05, 0) is 25.1 Å². The number of hydrogen-bond donors (Lipinski definition) is 2. The van der Waals surface area contributed by atoms with Gasteiger partial charge in [0.15, 0.2) is 0 Å². The van der Waals surface area contributed by atoms with Crippen LogP contribution in [0.5, 0.6) is 0 Å². The Morgan fingerprint density at radius 1 is 1.56 bits per heavy atom. The maximum absolute atomic E-state index is 11.3. The van der Waals surface area contributed by atoms with Crippen molar-refractivity contribution in [3.63, 3.8) is 0 Å². The summed E-state index contributed by atoms with van der Waals surface area (Å²) in [6.45, 7) is 1.72. The monoisotopic (exact) mass is 266 g/mol. The third-order valence-corrected chi connectivity index (χ3v) is 3.62. The van der Waals surface area contributed by atoms with Crippen LogP contribution in [-0.2, 0) is 14.3 Å². The lowest BCUT2D eigenvalue weighted by Crippen LogP contribution is -2.27. The molecule has 1 aliphatic heterocycles. The maximum Gasteiger partial charge on any atom is 0.327 e. The Labute approximate surface area is 109 Å². The van der Waals surface area contributed by atoms with Crippen molar-refractivity contribution >= 4 is 35.0 Å². The molecular formula is C12H14N2O3S. The molecule has 1 aromatic rings. The van der Waals surface area contributed by atoms with E-state index < -0.39 is 6.04 Å². The van der Waals surface area contributed by atoms with Crippen molar-refractivity contribution in [1.82, 2.24) is 0 Å². The van der Waals surface area contributed by atoms with Gasteiger partial charge in [-0.3, -0.25) is 4.79 Å². The number of fused-ring (bicyclic) bond motifs is 1. The number of hydrogen-bond acceptors (Lipinski definition) is 5. The highest BCUT2D eigenvalue weighted by atomic mass is 32.2. The summed E-state index contributed by atoms with van der Waals surface area (Å²) in [7, 11) is 1.35. The molecule has 6 heteroatoms. The minimum absolute atomic E-state index is 0.00864. The van der Waals surface area contributed by atoms with Crippen LogP contribution < -0.4 is 10.6 Å². The van der Waals surface area contributed by atoms with Crippen molar-refractivity contribution in [2.75, 3.05) is 23.5 Å².